The minimum atomic E-state index is -1.77. The van der Waals surface area contributed by atoms with Crippen LogP contribution in [0.2, 0.25) is 0 Å². The summed E-state index contributed by atoms with van der Waals surface area (Å²) in [6.07, 6.45) is 0.474. The van der Waals surface area contributed by atoms with Crippen molar-refractivity contribution in [3.63, 3.8) is 0 Å². The van der Waals surface area contributed by atoms with E-state index in [9.17, 15) is 22.4 Å². The third kappa shape index (κ3) is 3.77. The summed E-state index contributed by atoms with van der Waals surface area (Å²) in [5, 5.41) is 0.995. The summed E-state index contributed by atoms with van der Waals surface area (Å²) in [4.78, 5) is 12.2. The standard InChI is InChI=1S/C22H19F4NO2/c1-4-14-11-13-7-5-6-8-15(13)27(14)10-9-16(28)29-22-20(25)18(23)17(12(2)3)19(24)21(22)26/h5-8,11H,2,4,9-10H2,1,3H3. The quantitative estimate of drug-likeness (QED) is 0.225. The van der Waals surface area contributed by atoms with Crippen LogP contribution in [-0.4, -0.2) is 10.5 Å². The smallest absolute Gasteiger partial charge is 0.313 e. The summed E-state index contributed by atoms with van der Waals surface area (Å²) < 4.78 is 63.0. The van der Waals surface area contributed by atoms with Crippen molar-refractivity contribution in [2.75, 3.05) is 0 Å². The monoisotopic (exact) mass is 405 g/mol. The van der Waals surface area contributed by atoms with Gasteiger partial charge in [0.1, 0.15) is 0 Å². The molecule has 0 saturated heterocycles. The number of benzene rings is 2. The topological polar surface area (TPSA) is 31.2 Å². The zero-order chi connectivity index (χ0) is 21.3. The van der Waals surface area contributed by atoms with E-state index in [1.54, 1.807) is 0 Å². The molecule has 3 nitrogen and oxygen atoms in total. The number of nitrogens with zero attached hydrogens (tertiary/aromatic N) is 1. The van der Waals surface area contributed by atoms with E-state index in [4.69, 9.17) is 0 Å². The molecule has 7 heteroatoms. The average molecular weight is 405 g/mol. The maximum atomic E-state index is 14.2. The molecule has 0 aliphatic carbocycles. The minimum absolute atomic E-state index is 0.188. The number of halogens is 4. The number of aromatic nitrogens is 1. The third-order valence-electron chi connectivity index (χ3n) is 4.66. The molecule has 0 spiro atoms. The van der Waals surface area contributed by atoms with Crippen molar-refractivity contribution < 1.29 is 27.1 Å². The van der Waals surface area contributed by atoms with E-state index in [0.29, 0.717) is 6.42 Å². The molecule has 0 amide bonds. The van der Waals surface area contributed by atoms with Crippen LogP contribution in [0.15, 0.2) is 36.9 Å². The van der Waals surface area contributed by atoms with Crippen LogP contribution in [0.1, 0.15) is 31.5 Å². The number of aryl methyl sites for hydroxylation is 2. The molecule has 0 saturated carbocycles. The van der Waals surface area contributed by atoms with Gasteiger partial charge in [0.15, 0.2) is 11.6 Å². The maximum absolute atomic E-state index is 14.2. The summed E-state index contributed by atoms with van der Waals surface area (Å²) in [6, 6.07) is 9.56. The fourth-order valence-corrected chi connectivity index (χ4v) is 3.27. The lowest BCUT2D eigenvalue weighted by molar-refractivity contribution is -0.135. The van der Waals surface area contributed by atoms with Crippen molar-refractivity contribution in [3.05, 3.63) is 71.4 Å². The SMILES string of the molecule is C=C(C)c1c(F)c(F)c(OC(=O)CCn2c(CC)cc3ccccc32)c(F)c1F. The Morgan fingerprint density at radius 3 is 2.28 bits per heavy atom. The Labute approximate surface area is 165 Å². The second-order valence-electron chi connectivity index (χ2n) is 6.66. The molecule has 1 heterocycles. The summed E-state index contributed by atoms with van der Waals surface area (Å²) >= 11 is 0. The van der Waals surface area contributed by atoms with Crippen LogP contribution in [0, 0.1) is 23.3 Å². The number of carbonyl (C=O) groups excluding carboxylic acids is 1. The number of fused-ring (bicyclic) bond motifs is 1. The molecule has 0 aliphatic heterocycles. The molecule has 3 rings (SSSR count). The summed E-state index contributed by atoms with van der Waals surface area (Å²) in [5.41, 5.74) is 0.769. The minimum Gasteiger partial charge on any atom is -0.420 e. The Kier molecular flexibility index (Phi) is 5.77. The van der Waals surface area contributed by atoms with Crippen LogP contribution in [0.3, 0.4) is 0 Å². The van der Waals surface area contributed by atoms with E-state index >= 15 is 0 Å². The van der Waals surface area contributed by atoms with Crippen molar-refractivity contribution in [2.24, 2.45) is 0 Å². The predicted octanol–water partition coefficient (Wildman–Crippen LogP) is 5.79. The van der Waals surface area contributed by atoms with Crippen LogP contribution in [0.25, 0.3) is 16.5 Å². The number of rotatable bonds is 6. The molecule has 0 radical (unpaired) electrons. The molecule has 0 aliphatic rings. The van der Waals surface area contributed by atoms with Crippen molar-refractivity contribution in [2.45, 2.75) is 33.2 Å². The molecule has 3 aromatic rings. The first-order valence-corrected chi connectivity index (χ1v) is 9.05. The van der Waals surface area contributed by atoms with Gasteiger partial charge in [-0.3, -0.25) is 4.79 Å². The van der Waals surface area contributed by atoms with Crippen LogP contribution in [-0.2, 0) is 17.8 Å². The number of hydrogen-bond donors (Lipinski definition) is 0. The van der Waals surface area contributed by atoms with Gasteiger partial charge in [-0.1, -0.05) is 31.7 Å². The average Bonchev–Trinajstić information content (AvgIpc) is 3.05. The maximum Gasteiger partial charge on any atom is 0.313 e. The molecule has 0 fully saturated rings. The molecule has 0 atom stereocenters. The van der Waals surface area contributed by atoms with E-state index in [1.807, 2.05) is 41.8 Å². The van der Waals surface area contributed by atoms with Gasteiger partial charge in [-0.2, -0.15) is 8.78 Å². The van der Waals surface area contributed by atoms with Crippen LogP contribution in [0.4, 0.5) is 17.6 Å². The second kappa shape index (κ2) is 8.11. The lowest BCUT2D eigenvalue weighted by atomic mass is 10.1. The Hall–Kier alpha value is -3.09. The molecule has 0 bridgehead atoms. The van der Waals surface area contributed by atoms with Gasteiger partial charge in [0.05, 0.1) is 12.0 Å². The van der Waals surface area contributed by atoms with Crippen molar-refractivity contribution >= 4 is 22.4 Å². The Morgan fingerprint density at radius 2 is 1.69 bits per heavy atom. The van der Waals surface area contributed by atoms with Gasteiger partial charge in [0.25, 0.3) is 0 Å². The highest BCUT2D eigenvalue weighted by Crippen LogP contribution is 2.33. The number of hydrogen-bond acceptors (Lipinski definition) is 2. The van der Waals surface area contributed by atoms with E-state index in [2.05, 4.69) is 11.3 Å². The van der Waals surface area contributed by atoms with Crippen LogP contribution < -0.4 is 4.74 Å². The Bertz CT molecular complexity index is 1090. The zero-order valence-corrected chi connectivity index (χ0v) is 16.0. The van der Waals surface area contributed by atoms with Crippen LogP contribution >= 0.6 is 0 Å². The van der Waals surface area contributed by atoms with Gasteiger partial charge < -0.3 is 9.30 Å². The van der Waals surface area contributed by atoms with E-state index in [0.717, 1.165) is 16.6 Å². The van der Waals surface area contributed by atoms with Crippen molar-refractivity contribution in [1.29, 1.82) is 0 Å². The highest BCUT2D eigenvalue weighted by atomic mass is 19.2. The van der Waals surface area contributed by atoms with Gasteiger partial charge in [-0.05, 0) is 36.4 Å². The first kappa shape index (κ1) is 20.6. The fourth-order valence-electron chi connectivity index (χ4n) is 3.27. The highest BCUT2D eigenvalue weighted by Gasteiger charge is 2.28. The summed E-state index contributed by atoms with van der Waals surface area (Å²) in [6.45, 7) is 6.65. The van der Waals surface area contributed by atoms with Crippen molar-refractivity contribution in [1.82, 2.24) is 4.57 Å². The van der Waals surface area contributed by atoms with Gasteiger partial charge in [0, 0.05) is 17.8 Å². The van der Waals surface area contributed by atoms with E-state index < -0.39 is 40.6 Å². The number of esters is 1. The van der Waals surface area contributed by atoms with Gasteiger partial charge >= 0.3 is 5.97 Å². The summed E-state index contributed by atoms with van der Waals surface area (Å²) in [7, 11) is 0. The Morgan fingerprint density at radius 1 is 1.07 bits per heavy atom. The number of para-hydroxylation sites is 1. The summed E-state index contributed by atoms with van der Waals surface area (Å²) in [5.74, 6) is -9.23. The molecule has 1 aromatic heterocycles. The number of ether oxygens (including phenoxy) is 1. The van der Waals surface area contributed by atoms with E-state index in [1.165, 1.54) is 6.92 Å². The highest BCUT2D eigenvalue weighted by molar-refractivity contribution is 5.81. The molecule has 2 aromatic carbocycles. The molecule has 29 heavy (non-hydrogen) atoms. The normalized spacial score (nSPS) is 11.1. The molecule has 0 unspecified atom stereocenters. The lowest BCUT2D eigenvalue weighted by Gasteiger charge is -2.13. The Balaban J connectivity index is 1.83. The molecule has 152 valence electrons. The third-order valence-corrected chi connectivity index (χ3v) is 4.66. The second-order valence-corrected chi connectivity index (χ2v) is 6.66. The predicted molar refractivity (Wildman–Crippen MR) is 103 cm³/mol. The lowest BCUT2D eigenvalue weighted by Crippen LogP contribution is -2.16. The van der Waals surface area contributed by atoms with Gasteiger partial charge in [-0.15, -0.1) is 0 Å². The van der Waals surface area contributed by atoms with Crippen molar-refractivity contribution in [3.8, 4) is 5.75 Å². The van der Waals surface area contributed by atoms with E-state index in [-0.39, 0.29) is 18.5 Å². The van der Waals surface area contributed by atoms with Gasteiger partial charge in [-0.25, -0.2) is 8.78 Å². The molecule has 0 N–H and O–H groups in total. The zero-order valence-electron chi connectivity index (χ0n) is 16.0. The first-order valence-electron chi connectivity index (χ1n) is 9.05. The fraction of sp³-hybridized carbons (Fsp3) is 0.227. The van der Waals surface area contributed by atoms with Crippen LogP contribution in [0.5, 0.6) is 5.75 Å². The van der Waals surface area contributed by atoms with Gasteiger partial charge in [0.2, 0.25) is 17.4 Å². The molecular weight excluding hydrogens is 386 g/mol. The number of allylic oxidation sites excluding steroid dienone is 1. The largest absolute Gasteiger partial charge is 0.420 e. The number of carbonyl (C=O) groups is 1. The molecular formula is C22H19F4NO2. The first-order chi connectivity index (χ1) is 13.8.